The van der Waals surface area contributed by atoms with Crippen molar-refractivity contribution in [2.75, 3.05) is 18.1 Å². The number of hydrazine groups is 1. The number of ether oxygens (including phenoxy) is 1. The van der Waals surface area contributed by atoms with E-state index in [-0.39, 0.29) is 30.9 Å². The molecule has 0 atom stereocenters. The van der Waals surface area contributed by atoms with Crippen LogP contribution in [0.5, 0.6) is 0 Å². The molecule has 170 valence electrons. The molecule has 1 aliphatic rings. The summed E-state index contributed by atoms with van der Waals surface area (Å²) in [5.41, 5.74) is 11.1. The van der Waals surface area contributed by atoms with Crippen LogP contribution in [0.3, 0.4) is 0 Å². The molecule has 2 aromatic rings. The predicted molar refractivity (Wildman–Crippen MR) is 127 cm³/mol. The summed E-state index contributed by atoms with van der Waals surface area (Å²) in [4.78, 5) is 26.6. The van der Waals surface area contributed by atoms with E-state index < -0.39 is 0 Å². The summed E-state index contributed by atoms with van der Waals surface area (Å²) in [5, 5.41) is 1.53. The zero-order valence-electron chi connectivity index (χ0n) is 19.0. The second-order valence-electron chi connectivity index (χ2n) is 8.18. The SMILES string of the molecule is CCCC(=O)N1Cc2ccccc2/C(N(N)CCOC(=O)C(C)C)=C(/N)c2ccccc21. The number of para-hydroxylation sites is 1. The van der Waals surface area contributed by atoms with Crippen LogP contribution in [0.2, 0.25) is 0 Å². The van der Waals surface area contributed by atoms with Gasteiger partial charge in [-0.3, -0.25) is 9.59 Å². The van der Waals surface area contributed by atoms with Crippen molar-refractivity contribution in [3.8, 4) is 0 Å². The van der Waals surface area contributed by atoms with Crippen molar-refractivity contribution in [3.05, 3.63) is 65.2 Å². The zero-order valence-corrected chi connectivity index (χ0v) is 19.0. The smallest absolute Gasteiger partial charge is 0.308 e. The summed E-state index contributed by atoms with van der Waals surface area (Å²) in [5.74, 6) is 6.04. The highest BCUT2D eigenvalue weighted by molar-refractivity contribution is 6.01. The number of carbonyl (C=O) groups excluding carboxylic acids is 2. The molecule has 0 aromatic heterocycles. The Morgan fingerprint density at radius 2 is 1.75 bits per heavy atom. The Bertz CT molecular complexity index is 1020. The standard InChI is InChI=1S/C25H32N4O3/c1-4-9-22(30)28-16-18-10-5-6-11-19(18)24(23(26)20-12-7-8-13-21(20)28)29(27)14-15-32-25(31)17(2)3/h5-8,10-13,17H,4,9,14-16,26-27H2,1-3H3/b24-23-. The maximum absolute atomic E-state index is 13.0. The number of rotatable bonds is 7. The average Bonchev–Trinajstić information content (AvgIpc) is 2.77. The first-order valence-corrected chi connectivity index (χ1v) is 11.0. The Kier molecular flexibility index (Phi) is 7.53. The van der Waals surface area contributed by atoms with Gasteiger partial charge in [0.15, 0.2) is 0 Å². The second kappa shape index (κ2) is 10.3. The molecule has 0 radical (unpaired) electrons. The van der Waals surface area contributed by atoms with Crippen LogP contribution in [0.25, 0.3) is 11.4 Å². The maximum atomic E-state index is 13.0. The fraction of sp³-hybridized carbons (Fsp3) is 0.360. The van der Waals surface area contributed by atoms with Crippen molar-refractivity contribution in [3.63, 3.8) is 0 Å². The van der Waals surface area contributed by atoms with Gasteiger partial charge in [-0.15, -0.1) is 0 Å². The van der Waals surface area contributed by atoms with Crippen LogP contribution in [-0.4, -0.2) is 30.0 Å². The molecule has 0 saturated heterocycles. The van der Waals surface area contributed by atoms with Gasteiger partial charge in [-0.2, -0.15) is 0 Å². The third kappa shape index (κ3) is 4.94. The largest absolute Gasteiger partial charge is 0.464 e. The fourth-order valence-corrected chi connectivity index (χ4v) is 3.76. The van der Waals surface area contributed by atoms with Gasteiger partial charge in [0.05, 0.1) is 36.1 Å². The van der Waals surface area contributed by atoms with Crippen molar-refractivity contribution in [2.45, 2.75) is 40.2 Å². The summed E-state index contributed by atoms with van der Waals surface area (Å²) >= 11 is 0. The van der Waals surface area contributed by atoms with E-state index in [9.17, 15) is 9.59 Å². The number of carbonyl (C=O) groups is 2. The molecule has 1 amide bonds. The Labute approximate surface area is 189 Å². The van der Waals surface area contributed by atoms with Crippen LogP contribution in [0.15, 0.2) is 48.5 Å². The first-order valence-electron chi connectivity index (χ1n) is 11.0. The molecule has 7 nitrogen and oxygen atoms in total. The summed E-state index contributed by atoms with van der Waals surface area (Å²) in [6.07, 6.45) is 1.22. The lowest BCUT2D eigenvalue weighted by Gasteiger charge is -2.32. The minimum atomic E-state index is -0.270. The van der Waals surface area contributed by atoms with E-state index in [1.807, 2.05) is 55.5 Å². The molecular weight excluding hydrogens is 404 g/mol. The van der Waals surface area contributed by atoms with Gasteiger partial charge in [0.1, 0.15) is 6.61 Å². The molecule has 2 aromatic carbocycles. The van der Waals surface area contributed by atoms with Gasteiger partial charge in [-0.1, -0.05) is 63.2 Å². The fourth-order valence-electron chi connectivity index (χ4n) is 3.76. The van der Waals surface area contributed by atoms with E-state index >= 15 is 0 Å². The first-order chi connectivity index (χ1) is 15.3. The number of amides is 1. The summed E-state index contributed by atoms with van der Waals surface area (Å²) in [6.45, 7) is 6.41. The van der Waals surface area contributed by atoms with Crippen molar-refractivity contribution in [2.24, 2.45) is 17.5 Å². The van der Waals surface area contributed by atoms with Crippen LogP contribution in [0, 0.1) is 5.92 Å². The summed E-state index contributed by atoms with van der Waals surface area (Å²) < 4.78 is 5.31. The van der Waals surface area contributed by atoms with Crippen molar-refractivity contribution >= 4 is 29.0 Å². The lowest BCUT2D eigenvalue weighted by Crippen LogP contribution is -2.37. The Morgan fingerprint density at radius 3 is 2.44 bits per heavy atom. The molecule has 0 unspecified atom stereocenters. The number of nitrogens with zero attached hydrogens (tertiary/aromatic N) is 2. The number of nitrogens with two attached hydrogens (primary N) is 2. The Morgan fingerprint density at radius 1 is 1.09 bits per heavy atom. The molecule has 0 spiro atoms. The third-order valence-electron chi connectivity index (χ3n) is 5.44. The predicted octanol–water partition coefficient (Wildman–Crippen LogP) is 3.49. The van der Waals surface area contributed by atoms with Crippen LogP contribution in [-0.2, 0) is 20.9 Å². The van der Waals surface area contributed by atoms with E-state index in [0.717, 1.165) is 28.8 Å². The molecule has 0 aliphatic carbocycles. The molecule has 3 rings (SSSR count). The van der Waals surface area contributed by atoms with Gasteiger partial charge >= 0.3 is 5.97 Å². The average molecular weight is 437 g/mol. The summed E-state index contributed by atoms with van der Waals surface area (Å²) in [7, 11) is 0. The van der Waals surface area contributed by atoms with Gasteiger partial charge in [0, 0.05) is 17.5 Å². The number of fused-ring (bicyclic) bond motifs is 2. The van der Waals surface area contributed by atoms with Crippen LogP contribution in [0.4, 0.5) is 5.69 Å². The first kappa shape index (κ1) is 23.3. The minimum Gasteiger partial charge on any atom is -0.464 e. The quantitative estimate of drug-likeness (QED) is 0.391. The van der Waals surface area contributed by atoms with Crippen LogP contribution < -0.4 is 16.5 Å². The highest BCUT2D eigenvalue weighted by Crippen LogP contribution is 2.36. The minimum absolute atomic E-state index is 0.0520. The Hall–Kier alpha value is -3.32. The summed E-state index contributed by atoms with van der Waals surface area (Å²) in [6, 6.07) is 15.4. The second-order valence-corrected chi connectivity index (χ2v) is 8.18. The van der Waals surface area contributed by atoms with Crippen molar-refractivity contribution in [1.82, 2.24) is 5.01 Å². The number of esters is 1. The molecule has 32 heavy (non-hydrogen) atoms. The van der Waals surface area contributed by atoms with Gasteiger partial charge in [-0.25, -0.2) is 5.84 Å². The third-order valence-corrected chi connectivity index (χ3v) is 5.44. The Balaban J connectivity index is 2.07. The van der Waals surface area contributed by atoms with Gasteiger partial charge < -0.3 is 20.4 Å². The number of hydrogen-bond acceptors (Lipinski definition) is 6. The van der Waals surface area contributed by atoms with Crippen LogP contribution >= 0.6 is 0 Å². The zero-order chi connectivity index (χ0) is 23.3. The number of anilines is 1. The molecule has 0 fully saturated rings. The van der Waals surface area contributed by atoms with E-state index in [1.165, 1.54) is 5.01 Å². The molecule has 1 heterocycles. The number of benzene rings is 2. The monoisotopic (exact) mass is 436 g/mol. The van der Waals surface area contributed by atoms with Gasteiger partial charge in [0.25, 0.3) is 0 Å². The molecule has 0 bridgehead atoms. The van der Waals surface area contributed by atoms with Gasteiger partial charge in [0.2, 0.25) is 5.91 Å². The highest BCUT2D eigenvalue weighted by atomic mass is 16.5. The number of hydrogen-bond donors (Lipinski definition) is 2. The molecule has 4 N–H and O–H groups in total. The lowest BCUT2D eigenvalue weighted by molar-refractivity contribution is -0.147. The van der Waals surface area contributed by atoms with E-state index in [1.54, 1.807) is 18.7 Å². The van der Waals surface area contributed by atoms with Gasteiger partial charge in [-0.05, 0) is 18.1 Å². The van der Waals surface area contributed by atoms with Crippen molar-refractivity contribution < 1.29 is 14.3 Å². The highest BCUT2D eigenvalue weighted by Gasteiger charge is 2.27. The molecule has 7 heteroatoms. The lowest BCUT2D eigenvalue weighted by atomic mass is 9.95. The van der Waals surface area contributed by atoms with E-state index in [2.05, 4.69) is 0 Å². The van der Waals surface area contributed by atoms with Crippen LogP contribution in [0.1, 0.15) is 50.3 Å². The molecule has 0 saturated carbocycles. The van der Waals surface area contributed by atoms with E-state index in [0.29, 0.717) is 24.4 Å². The van der Waals surface area contributed by atoms with Crippen molar-refractivity contribution in [1.29, 1.82) is 0 Å². The molecular formula is C25H32N4O3. The maximum Gasteiger partial charge on any atom is 0.308 e. The molecule has 1 aliphatic heterocycles. The van der Waals surface area contributed by atoms with E-state index in [4.69, 9.17) is 16.3 Å². The normalized spacial score (nSPS) is 15.5. The topological polar surface area (TPSA) is 102 Å².